The molecule has 0 unspecified atom stereocenters. The highest BCUT2D eigenvalue weighted by Gasteiger charge is 2.37. The molecule has 0 saturated carbocycles. The van der Waals surface area contributed by atoms with Crippen molar-refractivity contribution in [1.29, 1.82) is 0 Å². The maximum Gasteiger partial charge on any atom is 0.266 e. The van der Waals surface area contributed by atoms with E-state index in [0.29, 0.717) is 18.4 Å². The van der Waals surface area contributed by atoms with E-state index < -0.39 is 22.0 Å². The van der Waals surface area contributed by atoms with Crippen LogP contribution in [-0.2, 0) is 10.0 Å². The quantitative estimate of drug-likeness (QED) is 0.832. The van der Waals surface area contributed by atoms with Crippen LogP contribution in [0, 0.1) is 5.92 Å². The number of aliphatic hydroxyl groups is 1. The number of aliphatic hydroxyl groups excluding tert-OH is 1. The van der Waals surface area contributed by atoms with Gasteiger partial charge in [0, 0.05) is 38.7 Å². The van der Waals surface area contributed by atoms with E-state index in [1.165, 1.54) is 18.4 Å². The molecule has 2 heterocycles. The molecular weight excluding hydrogens is 332 g/mol. The van der Waals surface area contributed by atoms with E-state index in [9.17, 15) is 13.5 Å². The Kier molecular flexibility index (Phi) is 4.57. The normalized spacial score (nSPS) is 21.6. The lowest BCUT2D eigenvalue weighted by Gasteiger charge is -2.17. The summed E-state index contributed by atoms with van der Waals surface area (Å²) in [5, 5.41) is 14.1. The Hall–Kier alpha value is -1.97. The SMILES string of the molecule is CN(C)S(=O)(=O)C[C@@H]1CN(c2noc(-c3ccccc3)n2)C[C@@H]1O. The molecule has 1 aromatic carbocycles. The summed E-state index contributed by atoms with van der Waals surface area (Å²) < 4.78 is 30.5. The lowest BCUT2D eigenvalue weighted by atomic mass is 10.1. The zero-order valence-electron chi connectivity index (χ0n) is 13.5. The summed E-state index contributed by atoms with van der Waals surface area (Å²) in [5.41, 5.74) is 0.808. The first-order valence-electron chi connectivity index (χ1n) is 7.59. The molecule has 1 aliphatic rings. The third-order valence-electron chi connectivity index (χ3n) is 4.11. The fourth-order valence-corrected chi connectivity index (χ4v) is 3.81. The minimum atomic E-state index is -3.38. The standard InChI is InChI=1S/C15H20N4O4S/c1-18(2)24(21,22)10-12-8-19(9-13(12)20)15-16-14(23-17-15)11-6-4-3-5-7-11/h3-7,12-13,20H,8-10H2,1-2H3/t12-,13-/m0/s1. The van der Waals surface area contributed by atoms with Gasteiger partial charge in [0.15, 0.2) is 0 Å². The van der Waals surface area contributed by atoms with Crippen molar-refractivity contribution in [2.75, 3.05) is 37.8 Å². The van der Waals surface area contributed by atoms with Crippen LogP contribution in [0.3, 0.4) is 0 Å². The third-order valence-corrected chi connectivity index (χ3v) is 6.07. The van der Waals surface area contributed by atoms with Crippen LogP contribution in [0.1, 0.15) is 0 Å². The summed E-state index contributed by atoms with van der Waals surface area (Å²) in [6, 6.07) is 9.38. The fraction of sp³-hybridized carbons (Fsp3) is 0.467. The number of hydrogen-bond donors (Lipinski definition) is 1. The minimum Gasteiger partial charge on any atom is -0.391 e. The predicted octanol–water partition coefficient (Wildman–Crippen LogP) is 0.425. The zero-order chi connectivity index (χ0) is 17.3. The number of β-amino-alcohol motifs (C(OH)–C–C–N with tert-alkyl or cyclic N) is 1. The molecular formula is C15H20N4O4S. The second kappa shape index (κ2) is 6.50. The summed E-state index contributed by atoms with van der Waals surface area (Å²) in [7, 11) is -0.404. The lowest BCUT2D eigenvalue weighted by molar-refractivity contribution is 0.157. The Morgan fingerprint density at radius 1 is 1.29 bits per heavy atom. The third kappa shape index (κ3) is 3.42. The molecule has 0 radical (unpaired) electrons. The molecule has 9 heteroatoms. The molecule has 2 aromatic rings. The predicted molar refractivity (Wildman–Crippen MR) is 88.9 cm³/mol. The molecule has 0 spiro atoms. The van der Waals surface area contributed by atoms with Crippen molar-refractivity contribution in [3.63, 3.8) is 0 Å². The van der Waals surface area contributed by atoms with Crippen LogP contribution in [0.2, 0.25) is 0 Å². The Balaban J connectivity index is 1.72. The van der Waals surface area contributed by atoms with Gasteiger partial charge in [0.1, 0.15) is 0 Å². The summed E-state index contributed by atoms with van der Waals surface area (Å²) in [6.45, 7) is 0.642. The topological polar surface area (TPSA) is 99.8 Å². The van der Waals surface area contributed by atoms with Crippen molar-refractivity contribution in [3.05, 3.63) is 30.3 Å². The molecule has 3 rings (SSSR count). The first kappa shape index (κ1) is 16.9. The number of aromatic nitrogens is 2. The molecule has 1 fully saturated rings. The second-order valence-electron chi connectivity index (χ2n) is 6.06. The van der Waals surface area contributed by atoms with Crippen molar-refractivity contribution < 1.29 is 18.0 Å². The van der Waals surface area contributed by atoms with Crippen LogP contribution in [0.15, 0.2) is 34.9 Å². The molecule has 1 N–H and O–H groups in total. The molecule has 1 saturated heterocycles. The number of nitrogens with zero attached hydrogens (tertiary/aromatic N) is 4. The maximum absolute atomic E-state index is 12.0. The van der Waals surface area contributed by atoms with Crippen LogP contribution >= 0.6 is 0 Å². The van der Waals surface area contributed by atoms with Crippen molar-refractivity contribution in [3.8, 4) is 11.5 Å². The highest BCUT2D eigenvalue weighted by atomic mass is 32.2. The molecule has 130 valence electrons. The van der Waals surface area contributed by atoms with E-state index in [0.717, 1.165) is 5.56 Å². The summed E-state index contributed by atoms with van der Waals surface area (Å²) >= 11 is 0. The van der Waals surface area contributed by atoms with E-state index in [2.05, 4.69) is 10.1 Å². The molecule has 0 amide bonds. The highest BCUT2D eigenvalue weighted by molar-refractivity contribution is 7.89. The van der Waals surface area contributed by atoms with Crippen LogP contribution < -0.4 is 4.90 Å². The lowest BCUT2D eigenvalue weighted by Crippen LogP contribution is -2.33. The van der Waals surface area contributed by atoms with Crippen molar-refractivity contribution in [1.82, 2.24) is 14.4 Å². The molecule has 1 aliphatic heterocycles. The van der Waals surface area contributed by atoms with E-state index in [1.807, 2.05) is 30.3 Å². The van der Waals surface area contributed by atoms with Gasteiger partial charge in [-0.2, -0.15) is 4.98 Å². The first-order chi connectivity index (χ1) is 11.4. The minimum absolute atomic E-state index is 0.110. The van der Waals surface area contributed by atoms with E-state index >= 15 is 0 Å². The van der Waals surface area contributed by atoms with Crippen LogP contribution in [-0.4, -0.2) is 67.0 Å². The van der Waals surface area contributed by atoms with Crippen molar-refractivity contribution in [2.24, 2.45) is 5.92 Å². The monoisotopic (exact) mass is 352 g/mol. The summed E-state index contributed by atoms with van der Waals surface area (Å²) in [6.07, 6.45) is -0.751. The number of hydrogen-bond acceptors (Lipinski definition) is 7. The molecule has 24 heavy (non-hydrogen) atoms. The van der Waals surface area contributed by atoms with Gasteiger partial charge in [-0.15, -0.1) is 0 Å². The molecule has 8 nitrogen and oxygen atoms in total. The van der Waals surface area contributed by atoms with Crippen molar-refractivity contribution in [2.45, 2.75) is 6.10 Å². The van der Waals surface area contributed by atoms with Gasteiger partial charge in [0.2, 0.25) is 10.0 Å². The van der Waals surface area contributed by atoms with Gasteiger partial charge < -0.3 is 14.5 Å². The fourth-order valence-electron chi connectivity index (χ4n) is 2.64. The maximum atomic E-state index is 12.0. The van der Waals surface area contributed by atoms with Crippen LogP contribution in [0.4, 0.5) is 5.95 Å². The van der Waals surface area contributed by atoms with Gasteiger partial charge >= 0.3 is 0 Å². The largest absolute Gasteiger partial charge is 0.391 e. The second-order valence-corrected chi connectivity index (χ2v) is 8.29. The average molecular weight is 352 g/mol. The molecule has 0 aliphatic carbocycles. The van der Waals surface area contributed by atoms with Crippen molar-refractivity contribution >= 4 is 16.0 Å². The van der Waals surface area contributed by atoms with E-state index in [1.54, 1.807) is 4.90 Å². The zero-order valence-corrected chi connectivity index (χ0v) is 14.3. The smallest absolute Gasteiger partial charge is 0.266 e. The Morgan fingerprint density at radius 3 is 2.67 bits per heavy atom. The summed E-state index contributed by atoms with van der Waals surface area (Å²) in [4.78, 5) is 6.09. The van der Waals surface area contributed by atoms with Gasteiger partial charge in [-0.1, -0.05) is 18.2 Å². The number of rotatable bonds is 5. The van der Waals surface area contributed by atoms with Crippen LogP contribution in [0.5, 0.6) is 0 Å². The highest BCUT2D eigenvalue weighted by Crippen LogP contribution is 2.26. The van der Waals surface area contributed by atoms with Gasteiger partial charge in [-0.25, -0.2) is 12.7 Å². The summed E-state index contributed by atoms with van der Waals surface area (Å²) in [5.74, 6) is 0.249. The van der Waals surface area contributed by atoms with Crippen LogP contribution in [0.25, 0.3) is 11.5 Å². The van der Waals surface area contributed by atoms with Gasteiger partial charge in [0.25, 0.3) is 11.8 Å². The number of benzene rings is 1. The Labute approximate surface area is 140 Å². The van der Waals surface area contributed by atoms with Gasteiger partial charge in [0.05, 0.1) is 11.9 Å². The Morgan fingerprint density at radius 2 is 2.00 bits per heavy atom. The number of anilines is 1. The van der Waals surface area contributed by atoms with Gasteiger partial charge in [-0.05, 0) is 17.3 Å². The molecule has 2 atom stereocenters. The average Bonchev–Trinajstić information content (AvgIpc) is 3.15. The van der Waals surface area contributed by atoms with E-state index in [4.69, 9.17) is 4.52 Å². The van der Waals surface area contributed by atoms with Gasteiger partial charge in [-0.3, -0.25) is 0 Å². The molecule has 1 aromatic heterocycles. The van der Waals surface area contributed by atoms with E-state index in [-0.39, 0.29) is 12.3 Å². The first-order valence-corrected chi connectivity index (χ1v) is 9.20. The Bertz CT molecular complexity index is 791. The molecule has 0 bridgehead atoms. The number of sulfonamides is 1.